The molecule has 0 amide bonds. The molecule has 0 bridgehead atoms. The Hall–Kier alpha value is -1.17. The summed E-state index contributed by atoms with van der Waals surface area (Å²) >= 11 is 0. The molecule has 1 atom stereocenters. The second-order valence-electron chi connectivity index (χ2n) is 4.26. The molecule has 0 aliphatic carbocycles. The molecule has 0 aromatic carbocycles. The molecule has 0 aliphatic heterocycles. The number of aromatic nitrogens is 2. The number of hydrogen-bond donors (Lipinski definition) is 0. The van der Waals surface area contributed by atoms with Gasteiger partial charge in [0.2, 0.25) is 0 Å². The van der Waals surface area contributed by atoms with E-state index in [0.29, 0.717) is 11.5 Å². The van der Waals surface area contributed by atoms with Crippen LogP contribution in [0.4, 0.5) is 4.39 Å². The highest BCUT2D eigenvalue weighted by molar-refractivity contribution is 7.85. The predicted molar refractivity (Wildman–Crippen MR) is 62.1 cm³/mol. The highest BCUT2D eigenvalue weighted by atomic mass is 32.2. The van der Waals surface area contributed by atoms with Crippen LogP contribution < -0.4 is 0 Å². The van der Waals surface area contributed by atoms with Crippen molar-refractivity contribution < 1.29 is 8.60 Å². The second kappa shape index (κ2) is 4.78. The van der Waals surface area contributed by atoms with Crippen LogP contribution in [0.2, 0.25) is 0 Å². The molecule has 0 fully saturated rings. The first-order valence-corrected chi connectivity index (χ1v) is 5.86. The van der Waals surface area contributed by atoms with Crippen LogP contribution in [0.1, 0.15) is 33.5 Å². The highest BCUT2D eigenvalue weighted by Gasteiger charge is 2.19. The zero-order valence-electron chi connectivity index (χ0n) is 9.69. The van der Waals surface area contributed by atoms with Gasteiger partial charge in [-0.05, 0) is 27.7 Å². The SMILES string of the molecule is C/C(=N\S(=O)C(C)(C)C)c1ncc(F)cn1. The lowest BCUT2D eigenvalue weighted by atomic mass is 10.3. The zero-order valence-corrected chi connectivity index (χ0v) is 10.5. The van der Waals surface area contributed by atoms with Crippen molar-refractivity contribution in [1.29, 1.82) is 0 Å². The number of halogens is 1. The molecule has 16 heavy (non-hydrogen) atoms. The van der Waals surface area contributed by atoms with Crippen molar-refractivity contribution in [3.63, 3.8) is 0 Å². The van der Waals surface area contributed by atoms with Crippen molar-refractivity contribution in [1.82, 2.24) is 9.97 Å². The molecule has 88 valence electrons. The second-order valence-corrected chi connectivity index (χ2v) is 6.17. The Morgan fingerprint density at radius 3 is 2.31 bits per heavy atom. The van der Waals surface area contributed by atoms with E-state index in [4.69, 9.17) is 0 Å². The van der Waals surface area contributed by atoms with E-state index in [-0.39, 0.29) is 0 Å². The Balaban J connectivity index is 2.94. The lowest BCUT2D eigenvalue weighted by Crippen LogP contribution is -2.21. The molecule has 0 aliphatic rings. The van der Waals surface area contributed by atoms with Crippen LogP contribution in [0, 0.1) is 5.82 Å². The van der Waals surface area contributed by atoms with Gasteiger partial charge in [0.25, 0.3) is 0 Å². The molecular weight excluding hydrogens is 229 g/mol. The summed E-state index contributed by atoms with van der Waals surface area (Å²) < 4.78 is 27.8. The van der Waals surface area contributed by atoms with Crippen LogP contribution >= 0.6 is 0 Å². The molecule has 0 radical (unpaired) electrons. The molecule has 6 heteroatoms. The standard InChI is InChI=1S/C10H14FN3OS/c1-7(14-16(15)10(2,3)4)9-12-5-8(11)6-13-9/h5-6H,1-4H3/b14-7+. The van der Waals surface area contributed by atoms with Crippen molar-refractivity contribution in [2.45, 2.75) is 32.4 Å². The van der Waals surface area contributed by atoms with E-state index < -0.39 is 21.5 Å². The van der Waals surface area contributed by atoms with E-state index in [9.17, 15) is 8.60 Å². The Kier molecular flexibility index (Phi) is 3.85. The molecule has 1 rings (SSSR count). The average molecular weight is 243 g/mol. The number of hydrogen-bond acceptors (Lipinski definition) is 3. The van der Waals surface area contributed by atoms with E-state index in [1.54, 1.807) is 6.92 Å². The molecule has 4 nitrogen and oxygen atoms in total. The van der Waals surface area contributed by atoms with Crippen LogP contribution in [-0.2, 0) is 11.0 Å². The molecule has 0 spiro atoms. The minimum atomic E-state index is -1.36. The van der Waals surface area contributed by atoms with E-state index in [2.05, 4.69) is 14.4 Å². The van der Waals surface area contributed by atoms with Crippen molar-refractivity contribution in [3.8, 4) is 0 Å². The molecule has 1 aromatic heterocycles. The summed E-state index contributed by atoms with van der Waals surface area (Å²) in [6.07, 6.45) is 2.11. The summed E-state index contributed by atoms with van der Waals surface area (Å²) in [6, 6.07) is 0. The minimum absolute atomic E-state index is 0.291. The van der Waals surface area contributed by atoms with Crippen molar-refractivity contribution in [3.05, 3.63) is 24.0 Å². The summed E-state index contributed by atoms with van der Waals surface area (Å²) in [7, 11) is -1.36. The Morgan fingerprint density at radius 2 is 1.88 bits per heavy atom. The first-order chi connectivity index (χ1) is 7.30. The van der Waals surface area contributed by atoms with Crippen LogP contribution in [0.5, 0.6) is 0 Å². The van der Waals surface area contributed by atoms with Gasteiger partial charge in [-0.25, -0.2) is 18.6 Å². The van der Waals surface area contributed by atoms with E-state index in [1.807, 2.05) is 20.8 Å². The van der Waals surface area contributed by atoms with Crippen LogP contribution in [0.25, 0.3) is 0 Å². The van der Waals surface area contributed by atoms with E-state index in [0.717, 1.165) is 12.4 Å². The lowest BCUT2D eigenvalue weighted by molar-refractivity contribution is 0.612. The van der Waals surface area contributed by atoms with Crippen molar-refractivity contribution in [2.24, 2.45) is 4.40 Å². The largest absolute Gasteiger partial charge is 0.234 e. The molecule has 0 saturated carbocycles. The summed E-state index contributed by atoms with van der Waals surface area (Å²) in [5, 5.41) is 0. The quantitative estimate of drug-likeness (QED) is 0.745. The maximum atomic E-state index is 12.6. The zero-order chi connectivity index (χ0) is 12.3. The predicted octanol–water partition coefficient (Wildman–Crippen LogP) is 1.89. The molecule has 1 unspecified atom stereocenters. The third-order valence-electron chi connectivity index (χ3n) is 1.69. The molecule has 0 saturated heterocycles. The van der Waals surface area contributed by atoms with Crippen LogP contribution in [-0.4, -0.2) is 24.6 Å². The van der Waals surface area contributed by atoms with Gasteiger partial charge in [0.1, 0.15) is 11.0 Å². The van der Waals surface area contributed by atoms with E-state index >= 15 is 0 Å². The Morgan fingerprint density at radius 1 is 1.38 bits per heavy atom. The molecule has 1 aromatic rings. The summed E-state index contributed by atoms with van der Waals surface area (Å²) in [4.78, 5) is 7.52. The maximum Gasteiger partial charge on any atom is 0.174 e. The number of nitrogens with zero attached hydrogens (tertiary/aromatic N) is 3. The Bertz CT molecular complexity index is 423. The third-order valence-corrected chi connectivity index (χ3v) is 3.18. The summed E-state index contributed by atoms with van der Waals surface area (Å²) in [5.41, 5.74) is 0.438. The highest BCUT2D eigenvalue weighted by Crippen LogP contribution is 2.13. The normalized spacial score (nSPS) is 14.9. The smallest absolute Gasteiger partial charge is 0.174 e. The van der Waals surface area contributed by atoms with Gasteiger partial charge in [-0.1, -0.05) is 0 Å². The van der Waals surface area contributed by atoms with Gasteiger partial charge < -0.3 is 0 Å². The number of rotatable bonds is 2. The van der Waals surface area contributed by atoms with Gasteiger partial charge in [-0.15, -0.1) is 0 Å². The fourth-order valence-electron chi connectivity index (χ4n) is 0.801. The van der Waals surface area contributed by atoms with Gasteiger partial charge in [0.05, 0.1) is 22.9 Å². The molecule has 1 heterocycles. The first-order valence-electron chi connectivity index (χ1n) is 4.76. The summed E-state index contributed by atoms with van der Waals surface area (Å²) in [6.45, 7) is 7.12. The van der Waals surface area contributed by atoms with Crippen LogP contribution in [0.15, 0.2) is 16.8 Å². The minimum Gasteiger partial charge on any atom is -0.234 e. The Labute approximate surface area is 96.6 Å². The fourth-order valence-corrected chi connectivity index (χ4v) is 1.41. The summed E-state index contributed by atoms with van der Waals surface area (Å²) in [5.74, 6) is -0.215. The van der Waals surface area contributed by atoms with Crippen molar-refractivity contribution in [2.75, 3.05) is 0 Å². The maximum absolute atomic E-state index is 12.6. The van der Waals surface area contributed by atoms with Gasteiger partial charge in [-0.2, -0.15) is 4.40 Å². The third kappa shape index (κ3) is 3.44. The van der Waals surface area contributed by atoms with Gasteiger partial charge >= 0.3 is 0 Å². The molecule has 0 N–H and O–H groups in total. The van der Waals surface area contributed by atoms with Gasteiger partial charge in [0.15, 0.2) is 11.6 Å². The topological polar surface area (TPSA) is 55.2 Å². The average Bonchev–Trinajstić information content (AvgIpc) is 2.17. The molecular formula is C10H14FN3OS. The first kappa shape index (κ1) is 12.9. The van der Waals surface area contributed by atoms with Crippen LogP contribution in [0.3, 0.4) is 0 Å². The lowest BCUT2D eigenvalue weighted by Gasteiger charge is -2.13. The van der Waals surface area contributed by atoms with Gasteiger partial charge in [0, 0.05) is 0 Å². The van der Waals surface area contributed by atoms with E-state index in [1.165, 1.54) is 0 Å². The van der Waals surface area contributed by atoms with Crippen molar-refractivity contribution >= 4 is 16.7 Å². The fraction of sp³-hybridized carbons (Fsp3) is 0.500. The monoisotopic (exact) mass is 243 g/mol. The van der Waals surface area contributed by atoms with Gasteiger partial charge in [-0.3, -0.25) is 0 Å².